The zero-order valence-electron chi connectivity index (χ0n) is 13.4. The molecule has 0 radical (unpaired) electrons. The minimum atomic E-state index is 0.154. The van der Waals surface area contributed by atoms with Gasteiger partial charge in [-0.1, -0.05) is 13.8 Å². The number of aliphatic hydroxyl groups is 1. The molecule has 0 aromatic carbocycles. The second-order valence-corrected chi connectivity index (χ2v) is 6.49. The van der Waals surface area contributed by atoms with Gasteiger partial charge >= 0.3 is 0 Å². The van der Waals surface area contributed by atoms with E-state index in [-0.39, 0.29) is 6.61 Å². The molecule has 0 amide bonds. The van der Waals surface area contributed by atoms with Gasteiger partial charge in [-0.15, -0.1) is 0 Å². The molecule has 1 aromatic heterocycles. The number of rotatable bonds is 6. The van der Waals surface area contributed by atoms with E-state index < -0.39 is 0 Å². The van der Waals surface area contributed by atoms with E-state index in [1.807, 2.05) is 4.68 Å². The quantitative estimate of drug-likeness (QED) is 0.870. The molecule has 0 bridgehead atoms. The van der Waals surface area contributed by atoms with Gasteiger partial charge in [0.25, 0.3) is 0 Å². The molecule has 0 aliphatic carbocycles. The molecular weight excluding hydrogens is 250 g/mol. The van der Waals surface area contributed by atoms with Crippen molar-refractivity contribution in [1.82, 2.24) is 14.7 Å². The summed E-state index contributed by atoms with van der Waals surface area (Å²) in [5.41, 5.74) is 3.69. The molecule has 0 spiro atoms. The highest BCUT2D eigenvalue weighted by Crippen LogP contribution is 2.26. The van der Waals surface area contributed by atoms with Crippen LogP contribution in [0.5, 0.6) is 0 Å². The fourth-order valence-electron chi connectivity index (χ4n) is 3.39. The molecule has 1 fully saturated rings. The largest absolute Gasteiger partial charge is 0.394 e. The molecule has 1 aromatic rings. The minimum Gasteiger partial charge on any atom is -0.394 e. The Bertz CT molecular complexity index is 439. The molecule has 1 aliphatic rings. The molecule has 2 rings (SSSR count). The number of aliphatic hydroxyl groups excluding tert-OH is 1. The van der Waals surface area contributed by atoms with Gasteiger partial charge in [0.1, 0.15) is 0 Å². The first-order valence-corrected chi connectivity index (χ1v) is 7.90. The lowest BCUT2D eigenvalue weighted by atomic mass is 10.0. The third-order valence-electron chi connectivity index (χ3n) is 4.45. The van der Waals surface area contributed by atoms with Gasteiger partial charge in [0.05, 0.1) is 18.8 Å². The van der Waals surface area contributed by atoms with E-state index in [1.165, 1.54) is 37.1 Å². The first kappa shape index (κ1) is 15.5. The summed E-state index contributed by atoms with van der Waals surface area (Å²) in [4.78, 5) is 2.63. The predicted octanol–water partition coefficient (Wildman–Crippen LogP) is 2.50. The number of nitrogens with zero attached hydrogens (tertiary/aromatic N) is 3. The van der Waals surface area contributed by atoms with Crippen molar-refractivity contribution in [2.75, 3.05) is 13.2 Å². The summed E-state index contributed by atoms with van der Waals surface area (Å²) in [6, 6.07) is 0.731. The Morgan fingerprint density at radius 1 is 1.35 bits per heavy atom. The van der Waals surface area contributed by atoms with E-state index in [9.17, 15) is 0 Å². The smallest absolute Gasteiger partial charge is 0.0644 e. The van der Waals surface area contributed by atoms with Crippen LogP contribution in [0.15, 0.2) is 0 Å². The van der Waals surface area contributed by atoms with Crippen LogP contribution >= 0.6 is 0 Å². The van der Waals surface area contributed by atoms with Crippen LogP contribution in [0.3, 0.4) is 0 Å². The maximum Gasteiger partial charge on any atom is 0.0644 e. The van der Waals surface area contributed by atoms with Gasteiger partial charge in [0.2, 0.25) is 0 Å². The van der Waals surface area contributed by atoms with E-state index in [4.69, 9.17) is 5.11 Å². The second kappa shape index (κ2) is 6.72. The van der Waals surface area contributed by atoms with Crippen LogP contribution in [0.2, 0.25) is 0 Å². The van der Waals surface area contributed by atoms with E-state index in [1.54, 1.807) is 0 Å². The Balaban J connectivity index is 2.09. The van der Waals surface area contributed by atoms with Crippen LogP contribution in [0.4, 0.5) is 0 Å². The molecule has 114 valence electrons. The van der Waals surface area contributed by atoms with E-state index >= 15 is 0 Å². The molecule has 20 heavy (non-hydrogen) atoms. The topological polar surface area (TPSA) is 41.3 Å². The van der Waals surface area contributed by atoms with E-state index in [0.717, 1.165) is 24.2 Å². The number of aryl methyl sites for hydroxylation is 1. The molecular formula is C16H29N3O. The molecule has 2 heterocycles. The van der Waals surface area contributed by atoms with Crippen molar-refractivity contribution in [2.24, 2.45) is 5.92 Å². The van der Waals surface area contributed by atoms with Gasteiger partial charge in [-0.05, 0) is 45.6 Å². The first-order valence-electron chi connectivity index (χ1n) is 7.90. The Morgan fingerprint density at radius 3 is 2.75 bits per heavy atom. The molecule has 1 aliphatic heterocycles. The van der Waals surface area contributed by atoms with Crippen molar-refractivity contribution >= 4 is 0 Å². The van der Waals surface area contributed by atoms with Gasteiger partial charge in [-0.3, -0.25) is 9.58 Å². The molecule has 1 N–H and O–H groups in total. The van der Waals surface area contributed by atoms with Gasteiger partial charge in [0.15, 0.2) is 0 Å². The summed E-state index contributed by atoms with van der Waals surface area (Å²) in [7, 11) is 0. The maximum atomic E-state index is 9.10. The normalized spacial score (nSPS) is 20.2. The van der Waals surface area contributed by atoms with Crippen molar-refractivity contribution in [3.63, 3.8) is 0 Å². The molecule has 4 nitrogen and oxygen atoms in total. The average Bonchev–Trinajstić information content (AvgIpc) is 2.90. The SMILES string of the molecule is Cc1nn(CCO)c(C)c1CN1CCCC1CC(C)C. The number of hydrogen-bond acceptors (Lipinski definition) is 3. The highest BCUT2D eigenvalue weighted by Gasteiger charge is 2.26. The minimum absolute atomic E-state index is 0.154. The van der Waals surface area contributed by atoms with Crippen LogP contribution in [0, 0.1) is 19.8 Å². The summed E-state index contributed by atoms with van der Waals surface area (Å²) in [6.07, 6.45) is 3.95. The fourth-order valence-corrected chi connectivity index (χ4v) is 3.39. The lowest BCUT2D eigenvalue weighted by Gasteiger charge is -2.26. The molecule has 4 heteroatoms. The van der Waals surface area contributed by atoms with E-state index in [0.29, 0.717) is 6.54 Å². The van der Waals surface area contributed by atoms with Crippen LogP contribution in [0.25, 0.3) is 0 Å². The Hall–Kier alpha value is -0.870. The average molecular weight is 279 g/mol. The maximum absolute atomic E-state index is 9.10. The fraction of sp³-hybridized carbons (Fsp3) is 0.812. The summed E-state index contributed by atoms with van der Waals surface area (Å²) in [5.74, 6) is 0.764. The molecule has 0 saturated carbocycles. The number of hydrogen-bond donors (Lipinski definition) is 1. The monoisotopic (exact) mass is 279 g/mol. The lowest BCUT2D eigenvalue weighted by Crippen LogP contribution is -2.30. The third-order valence-corrected chi connectivity index (χ3v) is 4.45. The van der Waals surface area contributed by atoms with Crippen LogP contribution in [-0.4, -0.2) is 39.0 Å². The summed E-state index contributed by atoms with van der Waals surface area (Å²) in [6.45, 7) is 11.8. The van der Waals surface area contributed by atoms with Crippen molar-refractivity contribution < 1.29 is 5.11 Å². The molecule has 1 atom stereocenters. The first-order chi connectivity index (χ1) is 9.52. The lowest BCUT2D eigenvalue weighted by molar-refractivity contribution is 0.217. The van der Waals surface area contributed by atoms with Gasteiger partial charge < -0.3 is 5.11 Å². The highest BCUT2D eigenvalue weighted by molar-refractivity contribution is 5.24. The Labute approximate surface area is 122 Å². The zero-order chi connectivity index (χ0) is 14.7. The van der Waals surface area contributed by atoms with Gasteiger partial charge in [-0.2, -0.15) is 5.10 Å². The number of likely N-dealkylation sites (tertiary alicyclic amines) is 1. The van der Waals surface area contributed by atoms with Crippen molar-refractivity contribution in [3.8, 4) is 0 Å². The summed E-state index contributed by atoms with van der Waals surface area (Å²) in [5, 5.41) is 13.7. The molecule has 1 unspecified atom stereocenters. The van der Waals surface area contributed by atoms with Crippen molar-refractivity contribution in [2.45, 2.75) is 66.1 Å². The van der Waals surface area contributed by atoms with Crippen molar-refractivity contribution in [3.05, 3.63) is 17.0 Å². The standard InChI is InChI=1S/C16H29N3O/c1-12(2)10-15-6-5-7-18(15)11-16-13(3)17-19(8-9-20)14(16)4/h12,15,20H,5-11H2,1-4H3. The second-order valence-electron chi connectivity index (χ2n) is 6.49. The van der Waals surface area contributed by atoms with Crippen LogP contribution in [-0.2, 0) is 13.1 Å². The van der Waals surface area contributed by atoms with Crippen LogP contribution in [0.1, 0.15) is 50.1 Å². The van der Waals surface area contributed by atoms with E-state index in [2.05, 4.69) is 37.7 Å². The number of aromatic nitrogens is 2. The molecule has 1 saturated heterocycles. The van der Waals surface area contributed by atoms with Crippen molar-refractivity contribution in [1.29, 1.82) is 0 Å². The summed E-state index contributed by atoms with van der Waals surface area (Å²) < 4.78 is 1.94. The zero-order valence-corrected chi connectivity index (χ0v) is 13.4. The predicted molar refractivity (Wildman–Crippen MR) is 81.7 cm³/mol. The summed E-state index contributed by atoms with van der Waals surface area (Å²) >= 11 is 0. The van der Waals surface area contributed by atoms with Gasteiger partial charge in [-0.25, -0.2) is 0 Å². The Kier molecular flexibility index (Phi) is 5.22. The third kappa shape index (κ3) is 3.41. The highest BCUT2D eigenvalue weighted by atomic mass is 16.3. The van der Waals surface area contributed by atoms with Crippen LogP contribution < -0.4 is 0 Å². The Morgan fingerprint density at radius 2 is 2.10 bits per heavy atom. The van der Waals surface area contributed by atoms with Gasteiger partial charge in [0, 0.05) is 23.8 Å².